The van der Waals surface area contributed by atoms with Gasteiger partial charge < -0.3 is 14.2 Å². The summed E-state index contributed by atoms with van der Waals surface area (Å²) >= 11 is 0. The van der Waals surface area contributed by atoms with E-state index in [1.165, 1.54) is 212 Å². The van der Waals surface area contributed by atoms with E-state index in [2.05, 4.69) is 20.8 Å². The van der Waals surface area contributed by atoms with Gasteiger partial charge >= 0.3 is 17.9 Å². The zero-order valence-corrected chi connectivity index (χ0v) is 40.8. The van der Waals surface area contributed by atoms with Crippen LogP contribution in [-0.2, 0) is 28.6 Å². The number of hydrogen-bond acceptors (Lipinski definition) is 6. The van der Waals surface area contributed by atoms with E-state index < -0.39 is 6.10 Å². The fraction of sp³-hybridized carbons (Fsp3) is 0.944. The smallest absolute Gasteiger partial charge is 0.306 e. The molecule has 0 fully saturated rings. The van der Waals surface area contributed by atoms with Crippen molar-refractivity contribution in [2.45, 2.75) is 316 Å². The van der Waals surface area contributed by atoms with Gasteiger partial charge in [0.15, 0.2) is 6.10 Å². The third-order valence-electron chi connectivity index (χ3n) is 12.4. The summed E-state index contributed by atoms with van der Waals surface area (Å²) in [5, 5.41) is 0. The first kappa shape index (κ1) is 58.4. The number of ether oxygens (including phenoxy) is 3. The van der Waals surface area contributed by atoms with Crippen molar-refractivity contribution in [1.82, 2.24) is 0 Å². The lowest BCUT2D eigenvalue weighted by Gasteiger charge is -2.18. The Morgan fingerprint density at radius 1 is 0.267 bits per heavy atom. The summed E-state index contributed by atoms with van der Waals surface area (Å²) in [5.74, 6) is -0.838. The molecule has 356 valence electrons. The topological polar surface area (TPSA) is 78.9 Å². The van der Waals surface area contributed by atoms with Crippen molar-refractivity contribution < 1.29 is 28.6 Å². The van der Waals surface area contributed by atoms with Gasteiger partial charge in [-0.25, -0.2) is 0 Å². The van der Waals surface area contributed by atoms with Gasteiger partial charge in [0.05, 0.1) is 0 Å². The number of esters is 3. The first-order valence-electron chi connectivity index (χ1n) is 27.0. The van der Waals surface area contributed by atoms with Crippen molar-refractivity contribution in [3.63, 3.8) is 0 Å². The van der Waals surface area contributed by atoms with Crippen LogP contribution in [0, 0.1) is 0 Å². The van der Waals surface area contributed by atoms with Crippen molar-refractivity contribution in [1.29, 1.82) is 0 Å². The van der Waals surface area contributed by atoms with Gasteiger partial charge in [-0.15, -0.1) is 0 Å². The number of hydrogen-bond donors (Lipinski definition) is 0. The standard InChI is InChI=1S/C54H104O6/c1-4-7-10-13-16-19-22-25-26-27-28-30-32-35-38-41-44-47-53(56)59-50-51(49-58-52(55)46-43-40-37-34-31-24-21-18-15-12-9-6-3)60-54(57)48-45-42-39-36-33-29-23-20-17-14-11-8-5-2/h51H,4-50H2,1-3H3. The van der Waals surface area contributed by atoms with Gasteiger partial charge in [0.25, 0.3) is 0 Å². The lowest BCUT2D eigenvalue weighted by Crippen LogP contribution is -2.30. The molecule has 0 aromatic heterocycles. The molecular weight excluding hydrogens is 745 g/mol. The van der Waals surface area contributed by atoms with Crippen LogP contribution in [-0.4, -0.2) is 37.2 Å². The predicted octanol–water partition coefficient (Wildman–Crippen LogP) is 17.6. The van der Waals surface area contributed by atoms with Crippen LogP contribution < -0.4 is 0 Å². The summed E-state index contributed by atoms with van der Waals surface area (Å²) in [6.07, 6.45) is 53.7. The molecule has 0 saturated heterocycles. The number of carbonyl (C=O) groups is 3. The quantitative estimate of drug-likeness (QED) is 0.0345. The largest absolute Gasteiger partial charge is 0.462 e. The van der Waals surface area contributed by atoms with Crippen molar-refractivity contribution in [3.05, 3.63) is 0 Å². The first-order valence-corrected chi connectivity index (χ1v) is 27.0. The molecule has 0 aromatic carbocycles. The van der Waals surface area contributed by atoms with Crippen molar-refractivity contribution in [2.75, 3.05) is 13.2 Å². The van der Waals surface area contributed by atoms with Gasteiger partial charge in [-0.2, -0.15) is 0 Å². The Balaban J connectivity index is 4.27. The summed E-state index contributed by atoms with van der Waals surface area (Å²) < 4.78 is 16.8. The molecule has 0 saturated carbocycles. The molecule has 1 unspecified atom stereocenters. The van der Waals surface area contributed by atoms with Crippen molar-refractivity contribution in [2.24, 2.45) is 0 Å². The second-order valence-electron chi connectivity index (χ2n) is 18.5. The zero-order valence-electron chi connectivity index (χ0n) is 40.8. The second kappa shape index (κ2) is 50.1. The molecule has 0 aliphatic rings. The minimum atomic E-state index is -0.759. The summed E-state index contributed by atoms with van der Waals surface area (Å²) in [5.41, 5.74) is 0. The molecule has 0 N–H and O–H groups in total. The van der Waals surface area contributed by atoms with E-state index in [1.54, 1.807) is 0 Å². The molecule has 0 aliphatic carbocycles. The molecule has 0 heterocycles. The molecule has 60 heavy (non-hydrogen) atoms. The third kappa shape index (κ3) is 47.5. The Hall–Kier alpha value is -1.59. The molecule has 0 rings (SSSR count). The van der Waals surface area contributed by atoms with E-state index in [-0.39, 0.29) is 31.1 Å². The van der Waals surface area contributed by atoms with Gasteiger partial charge in [-0.1, -0.05) is 271 Å². The summed E-state index contributed by atoms with van der Waals surface area (Å²) in [4.78, 5) is 38.0. The SMILES string of the molecule is CCCCCCCCCCCCCCCCCCCC(=O)OCC(COC(=O)CCCCCCCCCCCCCC)OC(=O)CCCCCCCCCCCCCCC. The van der Waals surface area contributed by atoms with Crippen LogP contribution in [0.15, 0.2) is 0 Å². The average Bonchev–Trinajstić information content (AvgIpc) is 3.24. The van der Waals surface area contributed by atoms with E-state index in [4.69, 9.17) is 14.2 Å². The van der Waals surface area contributed by atoms with E-state index in [0.29, 0.717) is 19.3 Å². The Labute approximate surface area is 374 Å². The highest BCUT2D eigenvalue weighted by Gasteiger charge is 2.19. The Morgan fingerprint density at radius 3 is 0.667 bits per heavy atom. The molecule has 0 bridgehead atoms. The summed E-state index contributed by atoms with van der Waals surface area (Å²) in [6, 6.07) is 0. The zero-order chi connectivity index (χ0) is 43.7. The Kier molecular flexibility index (Phi) is 48.7. The maximum Gasteiger partial charge on any atom is 0.306 e. The van der Waals surface area contributed by atoms with Crippen LogP contribution >= 0.6 is 0 Å². The molecule has 0 aromatic rings. The van der Waals surface area contributed by atoms with Gasteiger partial charge in [0, 0.05) is 19.3 Å². The maximum absolute atomic E-state index is 12.8. The first-order chi connectivity index (χ1) is 29.5. The molecule has 0 radical (unpaired) electrons. The minimum Gasteiger partial charge on any atom is -0.462 e. The monoisotopic (exact) mass is 849 g/mol. The number of carbonyl (C=O) groups excluding carboxylic acids is 3. The Bertz CT molecular complexity index is 889. The van der Waals surface area contributed by atoms with E-state index >= 15 is 0 Å². The van der Waals surface area contributed by atoms with Crippen LogP contribution in [0.1, 0.15) is 310 Å². The number of unbranched alkanes of at least 4 members (excludes halogenated alkanes) is 39. The van der Waals surface area contributed by atoms with Gasteiger partial charge in [-0.05, 0) is 19.3 Å². The fourth-order valence-electron chi connectivity index (χ4n) is 8.27. The van der Waals surface area contributed by atoms with Crippen LogP contribution in [0.4, 0.5) is 0 Å². The lowest BCUT2D eigenvalue weighted by molar-refractivity contribution is -0.167. The van der Waals surface area contributed by atoms with E-state index in [9.17, 15) is 14.4 Å². The third-order valence-corrected chi connectivity index (χ3v) is 12.4. The van der Waals surface area contributed by atoms with Crippen LogP contribution in [0.2, 0.25) is 0 Å². The molecule has 0 spiro atoms. The second-order valence-corrected chi connectivity index (χ2v) is 18.5. The van der Waals surface area contributed by atoms with E-state index in [0.717, 1.165) is 57.8 Å². The highest BCUT2D eigenvalue weighted by molar-refractivity contribution is 5.71. The molecule has 0 aliphatic heterocycles. The van der Waals surface area contributed by atoms with E-state index in [1.807, 2.05) is 0 Å². The molecule has 6 nitrogen and oxygen atoms in total. The Morgan fingerprint density at radius 2 is 0.450 bits per heavy atom. The fourth-order valence-corrected chi connectivity index (χ4v) is 8.27. The van der Waals surface area contributed by atoms with Gasteiger partial charge in [0.1, 0.15) is 13.2 Å². The van der Waals surface area contributed by atoms with Gasteiger partial charge in [-0.3, -0.25) is 14.4 Å². The summed E-state index contributed by atoms with van der Waals surface area (Å²) in [6.45, 7) is 6.69. The predicted molar refractivity (Wildman–Crippen MR) is 257 cm³/mol. The van der Waals surface area contributed by atoms with Crippen LogP contribution in [0.25, 0.3) is 0 Å². The van der Waals surface area contributed by atoms with Crippen molar-refractivity contribution in [3.8, 4) is 0 Å². The highest BCUT2D eigenvalue weighted by Crippen LogP contribution is 2.17. The normalized spacial score (nSPS) is 11.8. The highest BCUT2D eigenvalue weighted by atomic mass is 16.6. The van der Waals surface area contributed by atoms with Crippen LogP contribution in [0.3, 0.4) is 0 Å². The molecule has 0 amide bonds. The molecular formula is C54H104O6. The minimum absolute atomic E-state index is 0.0615. The molecule has 6 heteroatoms. The van der Waals surface area contributed by atoms with Gasteiger partial charge in [0.2, 0.25) is 0 Å². The number of rotatable bonds is 50. The van der Waals surface area contributed by atoms with Crippen LogP contribution in [0.5, 0.6) is 0 Å². The lowest BCUT2D eigenvalue weighted by atomic mass is 10.0. The maximum atomic E-state index is 12.8. The average molecular weight is 849 g/mol. The summed E-state index contributed by atoms with van der Waals surface area (Å²) in [7, 11) is 0. The molecule has 1 atom stereocenters. The van der Waals surface area contributed by atoms with Crippen molar-refractivity contribution >= 4 is 17.9 Å².